The summed E-state index contributed by atoms with van der Waals surface area (Å²) < 4.78 is 0. The lowest BCUT2D eigenvalue weighted by Crippen LogP contribution is -2.04. The summed E-state index contributed by atoms with van der Waals surface area (Å²) in [5.74, 6) is 0.903. The number of nitrogens with one attached hydrogen (secondary N) is 2. The molecular formula is C27H14Cl3N7O. The van der Waals surface area contributed by atoms with Crippen LogP contribution >= 0.6 is 34.8 Å². The molecule has 0 aliphatic carbocycles. The molecule has 2 aliphatic heterocycles. The summed E-state index contributed by atoms with van der Waals surface area (Å²) in [6.45, 7) is 0. The first-order chi connectivity index (χ1) is 18.4. The monoisotopic (exact) mass is 557 g/mol. The molecule has 0 fully saturated rings. The number of ketones is 1. The number of aromatic nitrogens is 2. The number of aliphatic imine (C=N–C) groups is 1. The number of halogens is 3. The highest BCUT2D eigenvalue weighted by molar-refractivity contribution is 6.71. The lowest BCUT2D eigenvalue weighted by molar-refractivity contribution is 0.0994. The molecule has 2 N–H and O–H groups in total. The third kappa shape index (κ3) is 4.89. The second-order valence-electron chi connectivity index (χ2n) is 8.11. The van der Waals surface area contributed by atoms with Crippen LogP contribution in [0.3, 0.4) is 0 Å². The van der Waals surface area contributed by atoms with Crippen LogP contribution in [0.25, 0.3) is 0 Å². The van der Waals surface area contributed by atoms with Crippen molar-refractivity contribution >= 4 is 74.5 Å². The van der Waals surface area contributed by atoms with Crippen molar-refractivity contribution in [3.8, 4) is 12.1 Å². The number of anilines is 4. The van der Waals surface area contributed by atoms with Crippen LogP contribution in [0.1, 0.15) is 32.6 Å². The first-order valence-electron chi connectivity index (χ1n) is 11.1. The Kier molecular flexibility index (Phi) is 6.95. The van der Waals surface area contributed by atoms with Crippen molar-refractivity contribution in [2.24, 2.45) is 4.99 Å². The maximum atomic E-state index is 12.2. The van der Waals surface area contributed by atoms with Gasteiger partial charge in [-0.05, 0) is 54.1 Å². The molecule has 11 heteroatoms. The average molecular weight is 559 g/mol. The van der Waals surface area contributed by atoms with E-state index in [0.717, 1.165) is 16.9 Å². The van der Waals surface area contributed by atoms with Gasteiger partial charge in [-0.25, -0.2) is 15.0 Å². The Morgan fingerprint density at radius 3 is 2.03 bits per heavy atom. The first-order valence-corrected chi connectivity index (χ1v) is 12.2. The highest BCUT2D eigenvalue weighted by atomic mass is 35.5. The van der Waals surface area contributed by atoms with Gasteiger partial charge in [-0.2, -0.15) is 10.5 Å². The van der Waals surface area contributed by atoms with E-state index < -0.39 is 0 Å². The summed E-state index contributed by atoms with van der Waals surface area (Å²) in [6, 6.07) is 17.7. The van der Waals surface area contributed by atoms with Crippen molar-refractivity contribution in [3.05, 3.63) is 98.8 Å². The molecular weight excluding hydrogens is 545 g/mol. The Morgan fingerprint density at radius 2 is 1.34 bits per heavy atom. The van der Waals surface area contributed by atoms with E-state index in [-0.39, 0.29) is 17.4 Å². The predicted octanol–water partition coefficient (Wildman–Crippen LogP) is 7.07. The van der Waals surface area contributed by atoms with E-state index in [1.165, 1.54) is 0 Å². The van der Waals surface area contributed by atoms with Gasteiger partial charge in [-0.1, -0.05) is 34.8 Å². The highest BCUT2D eigenvalue weighted by Gasteiger charge is 2.23. The summed E-state index contributed by atoms with van der Waals surface area (Å²) >= 11 is 18.4. The second kappa shape index (κ2) is 10.5. The molecule has 4 heterocycles. The molecule has 0 spiro atoms. The normalized spacial score (nSPS) is 12.6. The highest BCUT2D eigenvalue weighted by Crippen LogP contribution is 2.37. The number of carbonyl (C=O) groups excluding carboxylic acids is 1. The molecule has 0 atom stereocenters. The Balaban J connectivity index is 0.000000155. The van der Waals surface area contributed by atoms with Crippen LogP contribution in [0.2, 0.25) is 10.0 Å². The molecule has 8 nitrogen and oxygen atoms in total. The number of fused-ring (bicyclic) bond motifs is 4. The van der Waals surface area contributed by atoms with Gasteiger partial charge in [0.05, 0.1) is 55.8 Å². The average Bonchev–Trinajstić information content (AvgIpc) is 3.15. The van der Waals surface area contributed by atoms with Crippen LogP contribution in [0, 0.1) is 22.7 Å². The van der Waals surface area contributed by atoms with E-state index in [0.29, 0.717) is 49.6 Å². The topological polar surface area (TPSA) is 127 Å². The molecule has 0 radical (unpaired) electrons. The van der Waals surface area contributed by atoms with Gasteiger partial charge in [0.25, 0.3) is 0 Å². The number of benzene rings is 2. The summed E-state index contributed by atoms with van der Waals surface area (Å²) in [4.78, 5) is 24.9. The fourth-order valence-electron chi connectivity index (χ4n) is 3.94. The fraction of sp³-hybridized carbons (Fsp3) is 0.0370. The summed E-state index contributed by atoms with van der Waals surface area (Å²) in [7, 11) is 0. The van der Waals surface area contributed by atoms with Gasteiger partial charge in [0.1, 0.15) is 16.8 Å². The largest absolute Gasteiger partial charge is 0.339 e. The van der Waals surface area contributed by atoms with E-state index in [1.807, 2.05) is 0 Å². The van der Waals surface area contributed by atoms with Crippen LogP contribution in [0.4, 0.5) is 28.7 Å². The Hall–Kier alpha value is -4.47. The Morgan fingerprint density at radius 1 is 0.763 bits per heavy atom. The molecule has 2 aromatic carbocycles. The number of rotatable bonds is 0. The Labute approximate surface area is 232 Å². The van der Waals surface area contributed by atoms with Crippen LogP contribution in [-0.2, 0) is 6.42 Å². The first kappa shape index (κ1) is 25.2. The zero-order valence-corrected chi connectivity index (χ0v) is 21.5. The maximum absolute atomic E-state index is 12.2. The molecule has 2 aliphatic rings. The third-order valence-corrected chi connectivity index (χ3v) is 6.63. The van der Waals surface area contributed by atoms with Crippen LogP contribution in [-0.4, -0.2) is 20.9 Å². The van der Waals surface area contributed by atoms with E-state index in [2.05, 4.69) is 37.7 Å². The number of Topliss-reactive ketones (excluding diaryl/α,β-unsaturated/α-hetero) is 1. The van der Waals surface area contributed by atoms with Gasteiger partial charge in [0.2, 0.25) is 0 Å². The van der Waals surface area contributed by atoms with Crippen LogP contribution in [0.15, 0.2) is 65.9 Å². The van der Waals surface area contributed by atoms with E-state index in [9.17, 15) is 4.79 Å². The smallest absolute Gasteiger partial charge is 0.172 e. The molecule has 0 amide bonds. The lowest BCUT2D eigenvalue weighted by atomic mass is 10.0. The summed E-state index contributed by atoms with van der Waals surface area (Å²) in [5.41, 5.74) is 4.86. The van der Waals surface area contributed by atoms with Crippen LogP contribution in [0.5, 0.6) is 0 Å². The number of carbonyl (C=O) groups is 1. The van der Waals surface area contributed by atoms with E-state index in [1.54, 1.807) is 60.9 Å². The van der Waals surface area contributed by atoms with Crippen molar-refractivity contribution in [1.29, 1.82) is 10.5 Å². The van der Waals surface area contributed by atoms with Crippen LogP contribution < -0.4 is 10.6 Å². The summed E-state index contributed by atoms with van der Waals surface area (Å²) in [5, 5.41) is 25.1. The molecule has 0 saturated carbocycles. The number of nitrogens with zero attached hydrogens (tertiary/aromatic N) is 5. The van der Waals surface area contributed by atoms with Gasteiger partial charge in [-0.15, -0.1) is 0 Å². The van der Waals surface area contributed by atoms with Crippen molar-refractivity contribution < 1.29 is 4.79 Å². The number of nitriles is 2. The van der Waals surface area contributed by atoms with Crippen molar-refractivity contribution in [2.45, 2.75) is 6.42 Å². The SMILES string of the molecule is N#Cc1ccc2c(c1)CC(=O)c1c(Cl)ccnc1N2.N#Cc1ccc2c(c1)N=C(Cl)c1c(Cl)ccnc1N2. The predicted molar refractivity (Wildman–Crippen MR) is 147 cm³/mol. The van der Waals surface area contributed by atoms with Gasteiger partial charge >= 0.3 is 0 Å². The fourth-order valence-corrected chi connectivity index (χ4v) is 4.75. The van der Waals surface area contributed by atoms with Crippen molar-refractivity contribution in [2.75, 3.05) is 10.6 Å². The molecule has 0 unspecified atom stereocenters. The Bertz CT molecular complexity index is 1730. The quantitative estimate of drug-likeness (QED) is 0.236. The van der Waals surface area contributed by atoms with Crippen molar-refractivity contribution in [3.63, 3.8) is 0 Å². The second-order valence-corrected chi connectivity index (χ2v) is 9.29. The van der Waals surface area contributed by atoms with Gasteiger partial charge < -0.3 is 10.6 Å². The van der Waals surface area contributed by atoms with Crippen molar-refractivity contribution in [1.82, 2.24) is 9.97 Å². The number of pyridine rings is 2. The zero-order chi connectivity index (χ0) is 26.8. The molecule has 2 aromatic heterocycles. The molecule has 6 rings (SSSR count). The molecule has 38 heavy (non-hydrogen) atoms. The molecule has 0 bridgehead atoms. The maximum Gasteiger partial charge on any atom is 0.172 e. The minimum absolute atomic E-state index is 0.102. The standard InChI is InChI=1S/C14H8ClN3O.C13H6Cl2N4/c15-10-3-4-17-14-13(10)12(19)6-9-5-8(7-16)1-2-11(9)18-14;14-8-3-4-17-13-11(8)12(15)18-10-5-7(6-16)1-2-9(10)19-13/h1-5H,6H2,(H,17,18);1-5H,(H,17,19). The zero-order valence-electron chi connectivity index (χ0n) is 19.3. The van der Waals surface area contributed by atoms with E-state index >= 15 is 0 Å². The summed E-state index contributed by atoms with van der Waals surface area (Å²) in [6.07, 6.45) is 3.35. The van der Waals surface area contributed by atoms with Gasteiger partial charge in [0, 0.05) is 24.5 Å². The third-order valence-electron chi connectivity index (χ3n) is 5.72. The van der Waals surface area contributed by atoms with Gasteiger partial charge in [-0.3, -0.25) is 4.79 Å². The minimum Gasteiger partial charge on any atom is -0.339 e. The van der Waals surface area contributed by atoms with E-state index in [4.69, 9.17) is 45.3 Å². The number of hydrogen-bond acceptors (Lipinski definition) is 8. The lowest BCUT2D eigenvalue weighted by Gasteiger charge is -2.08. The number of hydrogen-bond donors (Lipinski definition) is 2. The minimum atomic E-state index is -0.102. The van der Waals surface area contributed by atoms with Gasteiger partial charge in [0.15, 0.2) is 5.78 Å². The molecule has 184 valence electrons. The molecule has 0 saturated heterocycles. The molecule has 4 aromatic rings.